The Labute approximate surface area is 128 Å². The molecule has 1 heterocycles. The molecule has 4 heteroatoms. The van der Waals surface area contributed by atoms with Gasteiger partial charge >= 0.3 is 0 Å². The molecule has 2 aromatic carbocycles. The number of carbonyl (C=O) groups is 1. The maximum absolute atomic E-state index is 12.3. The minimum Gasteiger partial charge on any atom is -0.486 e. The van der Waals surface area contributed by atoms with Crippen molar-refractivity contribution in [2.75, 3.05) is 19.0 Å². The predicted octanol–water partition coefficient (Wildman–Crippen LogP) is 3.74. The van der Waals surface area contributed by atoms with E-state index in [0.29, 0.717) is 36.0 Å². The first-order valence-corrected chi connectivity index (χ1v) is 7.83. The average molecular weight is 300 g/mol. The van der Waals surface area contributed by atoms with Crippen LogP contribution < -0.4 is 9.47 Å². The number of hydrogen-bond donors (Lipinski definition) is 0. The Morgan fingerprint density at radius 3 is 2.52 bits per heavy atom. The van der Waals surface area contributed by atoms with E-state index < -0.39 is 0 Å². The smallest absolute Gasteiger partial charge is 0.173 e. The molecule has 0 bridgehead atoms. The van der Waals surface area contributed by atoms with Gasteiger partial charge in [-0.1, -0.05) is 17.7 Å². The zero-order valence-corrected chi connectivity index (χ0v) is 12.6. The summed E-state index contributed by atoms with van der Waals surface area (Å²) in [5, 5.41) is 0. The molecule has 1 aliphatic rings. The number of carbonyl (C=O) groups excluding carboxylic acids is 1. The molecular formula is C17H16O3S. The number of Topliss-reactive ketones (excluding diaryl/α,β-unsaturated/α-hetero) is 1. The third-order valence-electron chi connectivity index (χ3n) is 3.26. The minimum atomic E-state index is 0.0950. The molecule has 0 aromatic heterocycles. The summed E-state index contributed by atoms with van der Waals surface area (Å²) in [4.78, 5) is 13.4. The molecule has 0 unspecified atom stereocenters. The Hall–Kier alpha value is -1.94. The molecule has 21 heavy (non-hydrogen) atoms. The van der Waals surface area contributed by atoms with E-state index in [0.717, 1.165) is 4.90 Å². The summed E-state index contributed by atoms with van der Waals surface area (Å²) in [5.74, 6) is 1.89. The van der Waals surface area contributed by atoms with Crippen LogP contribution in [-0.4, -0.2) is 24.7 Å². The molecule has 0 saturated heterocycles. The SMILES string of the molecule is Cc1ccc(SCC(=O)c2ccc3c(c2)OCCO3)cc1. The average Bonchev–Trinajstić information content (AvgIpc) is 2.53. The molecule has 0 spiro atoms. The molecule has 2 aromatic rings. The zero-order valence-electron chi connectivity index (χ0n) is 11.8. The third kappa shape index (κ3) is 3.39. The summed E-state index contributed by atoms with van der Waals surface area (Å²) in [6.45, 7) is 3.14. The van der Waals surface area contributed by atoms with Crippen LogP contribution in [0.15, 0.2) is 47.4 Å². The highest BCUT2D eigenvalue weighted by Crippen LogP contribution is 2.31. The van der Waals surface area contributed by atoms with Crippen molar-refractivity contribution in [3.63, 3.8) is 0 Å². The topological polar surface area (TPSA) is 35.5 Å². The van der Waals surface area contributed by atoms with Crippen molar-refractivity contribution in [3.05, 3.63) is 53.6 Å². The second kappa shape index (κ2) is 6.22. The first kappa shape index (κ1) is 14.0. The number of ketones is 1. The summed E-state index contributed by atoms with van der Waals surface area (Å²) in [6.07, 6.45) is 0. The van der Waals surface area contributed by atoms with Gasteiger partial charge in [0.25, 0.3) is 0 Å². The van der Waals surface area contributed by atoms with Gasteiger partial charge in [-0.05, 0) is 37.3 Å². The molecule has 0 aliphatic carbocycles. The number of thioether (sulfide) groups is 1. The lowest BCUT2D eigenvalue weighted by molar-refractivity contribution is 0.102. The van der Waals surface area contributed by atoms with Crippen molar-refractivity contribution < 1.29 is 14.3 Å². The Morgan fingerprint density at radius 1 is 1.05 bits per heavy atom. The maximum Gasteiger partial charge on any atom is 0.173 e. The lowest BCUT2D eigenvalue weighted by Crippen LogP contribution is -2.16. The maximum atomic E-state index is 12.3. The monoisotopic (exact) mass is 300 g/mol. The summed E-state index contributed by atoms with van der Waals surface area (Å²) >= 11 is 1.55. The van der Waals surface area contributed by atoms with Gasteiger partial charge in [0.15, 0.2) is 17.3 Å². The molecule has 0 N–H and O–H groups in total. The highest BCUT2D eigenvalue weighted by atomic mass is 32.2. The molecule has 3 rings (SSSR count). The minimum absolute atomic E-state index is 0.0950. The molecule has 0 amide bonds. The Morgan fingerprint density at radius 2 is 1.76 bits per heavy atom. The van der Waals surface area contributed by atoms with E-state index in [9.17, 15) is 4.79 Å². The highest BCUT2D eigenvalue weighted by molar-refractivity contribution is 8.00. The summed E-state index contributed by atoms with van der Waals surface area (Å²) in [5.41, 5.74) is 1.89. The van der Waals surface area contributed by atoms with Crippen molar-refractivity contribution in [1.29, 1.82) is 0 Å². The largest absolute Gasteiger partial charge is 0.486 e. The summed E-state index contributed by atoms with van der Waals surface area (Å²) in [7, 11) is 0. The van der Waals surface area contributed by atoms with Crippen LogP contribution in [0, 0.1) is 6.92 Å². The van der Waals surface area contributed by atoms with Crippen LogP contribution in [0.5, 0.6) is 11.5 Å². The van der Waals surface area contributed by atoms with Crippen LogP contribution >= 0.6 is 11.8 Å². The fourth-order valence-corrected chi connectivity index (χ4v) is 2.88. The van der Waals surface area contributed by atoms with Crippen molar-refractivity contribution in [2.24, 2.45) is 0 Å². The van der Waals surface area contributed by atoms with Gasteiger partial charge in [-0.2, -0.15) is 0 Å². The van der Waals surface area contributed by atoms with Gasteiger partial charge < -0.3 is 9.47 Å². The molecular weight excluding hydrogens is 284 g/mol. The van der Waals surface area contributed by atoms with Crippen LogP contribution in [0.4, 0.5) is 0 Å². The Kier molecular flexibility index (Phi) is 4.15. The second-order valence-electron chi connectivity index (χ2n) is 4.88. The van der Waals surface area contributed by atoms with Gasteiger partial charge in [0.2, 0.25) is 0 Å². The number of hydrogen-bond acceptors (Lipinski definition) is 4. The standard InChI is InChI=1S/C17H16O3S/c1-12-2-5-14(6-3-12)21-11-15(18)13-4-7-16-17(10-13)20-9-8-19-16/h2-7,10H,8-9,11H2,1H3. The molecule has 108 valence electrons. The zero-order chi connectivity index (χ0) is 14.7. The van der Waals surface area contributed by atoms with Gasteiger partial charge in [0, 0.05) is 10.5 Å². The van der Waals surface area contributed by atoms with Gasteiger partial charge in [0.05, 0.1) is 5.75 Å². The van der Waals surface area contributed by atoms with Gasteiger partial charge in [0.1, 0.15) is 13.2 Å². The third-order valence-corrected chi connectivity index (χ3v) is 4.27. The van der Waals surface area contributed by atoms with Crippen LogP contribution in [0.1, 0.15) is 15.9 Å². The fraction of sp³-hybridized carbons (Fsp3) is 0.235. The van der Waals surface area contributed by atoms with Crippen molar-refractivity contribution >= 4 is 17.5 Å². The van der Waals surface area contributed by atoms with E-state index in [1.54, 1.807) is 30.0 Å². The first-order chi connectivity index (χ1) is 10.2. The number of rotatable bonds is 4. The molecule has 0 radical (unpaired) electrons. The van der Waals surface area contributed by atoms with E-state index in [1.807, 2.05) is 12.1 Å². The van der Waals surface area contributed by atoms with Crippen molar-refractivity contribution in [3.8, 4) is 11.5 Å². The van der Waals surface area contributed by atoms with E-state index in [-0.39, 0.29) is 5.78 Å². The summed E-state index contributed by atoms with van der Waals surface area (Å²) in [6, 6.07) is 13.6. The molecule has 3 nitrogen and oxygen atoms in total. The molecule has 0 saturated carbocycles. The lowest BCUT2D eigenvalue weighted by Gasteiger charge is -2.18. The second-order valence-corrected chi connectivity index (χ2v) is 5.93. The van der Waals surface area contributed by atoms with E-state index in [1.165, 1.54) is 5.56 Å². The first-order valence-electron chi connectivity index (χ1n) is 6.85. The quantitative estimate of drug-likeness (QED) is 0.636. The molecule has 0 fully saturated rings. The predicted molar refractivity (Wildman–Crippen MR) is 83.7 cm³/mol. The number of ether oxygens (including phenoxy) is 2. The van der Waals surface area contributed by atoms with Crippen LogP contribution in [0.3, 0.4) is 0 Å². The van der Waals surface area contributed by atoms with Crippen LogP contribution in [-0.2, 0) is 0 Å². The van der Waals surface area contributed by atoms with Crippen molar-refractivity contribution in [2.45, 2.75) is 11.8 Å². The summed E-state index contributed by atoms with van der Waals surface area (Å²) < 4.78 is 11.0. The number of aryl methyl sites for hydroxylation is 1. The van der Waals surface area contributed by atoms with Gasteiger partial charge in [-0.3, -0.25) is 4.79 Å². The number of fused-ring (bicyclic) bond motifs is 1. The van der Waals surface area contributed by atoms with Gasteiger partial charge in [-0.25, -0.2) is 0 Å². The van der Waals surface area contributed by atoms with E-state index in [2.05, 4.69) is 19.1 Å². The Balaban J connectivity index is 1.66. The van der Waals surface area contributed by atoms with Crippen molar-refractivity contribution in [1.82, 2.24) is 0 Å². The number of benzene rings is 2. The van der Waals surface area contributed by atoms with Gasteiger partial charge in [-0.15, -0.1) is 11.8 Å². The van der Waals surface area contributed by atoms with Crippen LogP contribution in [0.25, 0.3) is 0 Å². The fourth-order valence-electron chi connectivity index (χ4n) is 2.08. The highest BCUT2D eigenvalue weighted by Gasteiger charge is 2.15. The lowest BCUT2D eigenvalue weighted by atomic mass is 10.1. The Bertz CT molecular complexity index is 650. The molecule has 1 aliphatic heterocycles. The normalized spacial score (nSPS) is 13.0. The van der Waals surface area contributed by atoms with E-state index in [4.69, 9.17) is 9.47 Å². The van der Waals surface area contributed by atoms with E-state index >= 15 is 0 Å². The van der Waals surface area contributed by atoms with Crippen LogP contribution in [0.2, 0.25) is 0 Å². The molecule has 0 atom stereocenters.